The predicted molar refractivity (Wildman–Crippen MR) is 77.2 cm³/mol. The maximum Gasteiger partial charge on any atom is 0.229 e. The number of halogens is 1. The maximum atomic E-state index is 11.9. The molecule has 0 unspecified atom stereocenters. The van der Waals surface area contributed by atoms with Crippen LogP contribution in [0.2, 0.25) is 0 Å². The van der Waals surface area contributed by atoms with Gasteiger partial charge in [-0.3, -0.25) is 4.79 Å². The minimum Gasteiger partial charge on any atom is -0.326 e. The highest BCUT2D eigenvalue weighted by Gasteiger charge is 2.21. The quantitative estimate of drug-likeness (QED) is 0.822. The second-order valence-corrected chi connectivity index (χ2v) is 5.61. The summed E-state index contributed by atoms with van der Waals surface area (Å²) in [4.78, 5) is 11.9. The third kappa shape index (κ3) is 3.47. The summed E-state index contributed by atoms with van der Waals surface area (Å²) in [5, 5.41) is 6.30. The van der Waals surface area contributed by atoms with Gasteiger partial charge in [-0.05, 0) is 36.2 Å². The molecule has 0 bridgehead atoms. The SMILES string of the molecule is CC(C)(C)C(=O)Nc1ccc2c(c1)CNCC2.Cl. The van der Waals surface area contributed by atoms with E-state index in [0.717, 1.165) is 25.2 Å². The molecule has 0 saturated carbocycles. The van der Waals surface area contributed by atoms with Crippen molar-refractivity contribution >= 4 is 24.0 Å². The van der Waals surface area contributed by atoms with Crippen LogP contribution in [0.25, 0.3) is 0 Å². The van der Waals surface area contributed by atoms with Gasteiger partial charge in [-0.2, -0.15) is 0 Å². The van der Waals surface area contributed by atoms with Crippen molar-refractivity contribution in [1.82, 2.24) is 5.32 Å². The molecule has 1 amide bonds. The van der Waals surface area contributed by atoms with Crippen molar-refractivity contribution in [2.75, 3.05) is 11.9 Å². The van der Waals surface area contributed by atoms with E-state index in [9.17, 15) is 4.79 Å². The monoisotopic (exact) mass is 268 g/mol. The lowest BCUT2D eigenvalue weighted by Gasteiger charge is -2.20. The van der Waals surface area contributed by atoms with Crippen molar-refractivity contribution in [3.05, 3.63) is 29.3 Å². The van der Waals surface area contributed by atoms with E-state index in [1.54, 1.807) is 0 Å². The number of nitrogens with one attached hydrogen (secondary N) is 2. The fourth-order valence-corrected chi connectivity index (χ4v) is 1.88. The number of rotatable bonds is 1. The van der Waals surface area contributed by atoms with Crippen molar-refractivity contribution in [1.29, 1.82) is 0 Å². The van der Waals surface area contributed by atoms with Gasteiger partial charge in [0.05, 0.1) is 0 Å². The molecule has 100 valence electrons. The summed E-state index contributed by atoms with van der Waals surface area (Å²) in [6, 6.07) is 6.19. The van der Waals surface area contributed by atoms with Crippen LogP contribution in [-0.4, -0.2) is 12.5 Å². The van der Waals surface area contributed by atoms with E-state index >= 15 is 0 Å². The molecule has 4 heteroatoms. The Bertz CT molecular complexity index is 438. The van der Waals surface area contributed by atoms with Crippen LogP contribution >= 0.6 is 12.4 Å². The number of carbonyl (C=O) groups is 1. The molecule has 2 rings (SSSR count). The minimum atomic E-state index is -0.353. The Morgan fingerprint density at radius 1 is 1.28 bits per heavy atom. The molecule has 0 saturated heterocycles. The third-order valence-corrected chi connectivity index (χ3v) is 3.03. The topological polar surface area (TPSA) is 41.1 Å². The first kappa shape index (κ1) is 15.0. The predicted octanol–water partition coefficient (Wildman–Crippen LogP) is 2.74. The van der Waals surface area contributed by atoms with Crippen LogP contribution in [0.15, 0.2) is 18.2 Å². The number of amides is 1. The summed E-state index contributed by atoms with van der Waals surface area (Å²) in [5.74, 6) is 0.0567. The third-order valence-electron chi connectivity index (χ3n) is 3.03. The van der Waals surface area contributed by atoms with Gasteiger partial charge < -0.3 is 10.6 Å². The van der Waals surface area contributed by atoms with E-state index in [1.165, 1.54) is 11.1 Å². The Morgan fingerprint density at radius 2 is 2.00 bits per heavy atom. The summed E-state index contributed by atoms with van der Waals surface area (Å²) < 4.78 is 0. The molecule has 1 aromatic rings. The van der Waals surface area contributed by atoms with Gasteiger partial charge >= 0.3 is 0 Å². The lowest BCUT2D eigenvalue weighted by atomic mass is 9.95. The van der Waals surface area contributed by atoms with Gasteiger partial charge in [0, 0.05) is 17.6 Å². The van der Waals surface area contributed by atoms with Crippen LogP contribution in [0.1, 0.15) is 31.9 Å². The Kier molecular flexibility index (Phi) is 4.77. The molecule has 1 aromatic carbocycles. The van der Waals surface area contributed by atoms with E-state index in [0.29, 0.717) is 0 Å². The number of carbonyl (C=O) groups excluding carboxylic acids is 1. The normalized spacial score (nSPS) is 14.4. The van der Waals surface area contributed by atoms with Gasteiger partial charge in [-0.25, -0.2) is 0 Å². The molecule has 0 spiro atoms. The summed E-state index contributed by atoms with van der Waals surface area (Å²) >= 11 is 0. The van der Waals surface area contributed by atoms with Crippen molar-refractivity contribution in [3.63, 3.8) is 0 Å². The fourth-order valence-electron chi connectivity index (χ4n) is 1.88. The van der Waals surface area contributed by atoms with Crippen LogP contribution in [0.5, 0.6) is 0 Å². The fraction of sp³-hybridized carbons (Fsp3) is 0.500. The highest BCUT2D eigenvalue weighted by molar-refractivity contribution is 5.94. The first-order chi connectivity index (χ1) is 7.97. The first-order valence-corrected chi connectivity index (χ1v) is 6.11. The van der Waals surface area contributed by atoms with Crippen molar-refractivity contribution in [2.24, 2.45) is 5.41 Å². The second kappa shape index (κ2) is 5.72. The molecule has 0 radical (unpaired) electrons. The van der Waals surface area contributed by atoms with Gasteiger partial charge in [-0.1, -0.05) is 26.8 Å². The summed E-state index contributed by atoms with van der Waals surface area (Å²) in [5.41, 5.74) is 3.22. The summed E-state index contributed by atoms with van der Waals surface area (Å²) in [6.07, 6.45) is 1.07. The van der Waals surface area contributed by atoms with Crippen LogP contribution < -0.4 is 10.6 Å². The maximum absolute atomic E-state index is 11.9. The average molecular weight is 269 g/mol. The number of anilines is 1. The highest BCUT2D eigenvalue weighted by Crippen LogP contribution is 2.21. The molecule has 18 heavy (non-hydrogen) atoms. The lowest BCUT2D eigenvalue weighted by Crippen LogP contribution is -2.28. The standard InChI is InChI=1S/C14H20N2O.ClH/c1-14(2,3)13(17)16-12-5-4-10-6-7-15-9-11(10)8-12;/h4-5,8,15H,6-7,9H2,1-3H3,(H,16,17);1H. The number of benzene rings is 1. The van der Waals surface area contributed by atoms with Crippen LogP contribution in [-0.2, 0) is 17.8 Å². The van der Waals surface area contributed by atoms with Crippen molar-refractivity contribution in [3.8, 4) is 0 Å². The van der Waals surface area contributed by atoms with E-state index in [2.05, 4.69) is 22.8 Å². The molecular formula is C14H21ClN2O. The largest absolute Gasteiger partial charge is 0.326 e. The van der Waals surface area contributed by atoms with Gasteiger partial charge in [0.2, 0.25) is 5.91 Å². The Labute approximate surface area is 115 Å². The molecule has 2 N–H and O–H groups in total. The van der Waals surface area contributed by atoms with Gasteiger partial charge in [0.25, 0.3) is 0 Å². The molecule has 1 heterocycles. The molecule has 0 aromatic heterocycles. The zero-order valence-corrected chi connectivity index (χ0v) is 12.0. The van der Waals surface area contributed by atoms with Crippen LogP contribution in [0, 0.1) is 5.41 Å². The number of hydrogen-bond acceptors (Lipinski definition) is 2. The summed E-state index contributed by atoms with van der Waals surface area (Å²) in [7, 11) is 0. The Balaban J connectivity index is 0.00000162. The minimum absolute atomic E-state index is 0. The highest BCUT2D eigenvalue weighted by atomic mass is 35.5. The van der Waals surface area contributed by atoms with Gasteiger partial charge in [0.15, 0.2) is 0 Å². The second-order valence-electron chi connectivity index (χ2n) is 5.61. The van der Waals surface area contributed by atoms with Crippen molar-refractivity contribution < 1.29 is 4.79 Å². The summed E-state index contributed by atoms with van der Waals surface area (Å²) in [6.45, 7) is 7.70. The van der Waals surface area contributed by atoms with Crippen LogP contribution in [0.4, 0.5) is 5.69 Å². The molecule has 1 aliphatic rings. The zero-order valence-electron chi connectivity index (χ0n) is 11.2. The van der Waals surface area contributed by atoms with Crippen molar-refractivity contribution in [2.45, 2.75) is 33.7 Å². The van der Waals surface area contributed by atoms with Crippen LogP contribution in [0.3, 0.4) is 0 Å². The van der Waals surface area contributed by atoms with Gasteiger partial charge in [-0.15, -0.1) is 12.4 Å². The molecule has 3 nitrogen and oxygen atoms in total. The van der Waals surface area contributed by atoms with Gasteiger partial charge in [0.1, 0.15) is 0 Å². The molecule has 0 atom stereocenters. The molecule has 1 aliphatic heterocycles. The zero-order chi connectivity index (χ0) is 12.5. The average Bonchev–Trinajstić information content (AvgIpc) is 2.27. The molecular weight excluding hydrogens is 248 g/mol. The van der Waals surface area contributed by atoms with E-state index in [-0.39, 0.29) is 23.7 Å². The van der Waals surface area contributed by atoms with E-state index < -0.39 is 0 Å². The number of hydrogen-bond donors (Lipinski definition) is 2. The Morgan fingerprint density at radius 3 is 2.67 bits per heavy atom. The number of fused-ring (bicyclic) bond motifs is 1. The van der Waals surface area contributed by atoms with E-state index in [1.807, 2.05) is 26.8 Å². The van der Waals surface area contributed by atoms with E-state index in [4.69, 9.17) is 0 Å². The molecule has 0 fully saturated rings. The lowest BCUT2D eigenvalue weighted by molar-refractivity contribution is -0.123. The molecule has 0 aliphatic carbocycles. The smallest absolute Gasteiger partial charge is 0.229 e. The first-order valence-electron chi connectivity index (χ1n) is 6.11. The Hall–Kier alpha value is -1.06.